The summed E-state index contributed by atoms with van der Waals surface area (Å²) in [7, 11) is 4.06. The molecule has 1 aromatic heterocycles. The van der Waals surface area contributed by atoms with Crippen molar-refractivity contribution in [2.24, 2.45) is 0 Å². The Kier molecular flexibility index (Phi) is 4.63. The van der Waals surface area contributed by atoms with Gasteiger partial charge in [-0.3, -0.25) is 0 Å². The van der Waals surface area contributed by atoms with Crippen molar-refractivity contribution < 1.29 is 9.90 Å². The Hall–Kier alpha value is -1.88. The third-order valence-corrected chi connectivity index (χ3v) is 3.88. The topological polar surface area (TPSA) is 58.4 Å². The van der Waals surface area contributed by atoms with Crippen LogP contribution in [0.1, 0.15) is 36.5 Å². The van der Waals surface area contributed by atoms with Crippen LogP contribution in [0.2, 0.25) is 0 Å². The second-order valence-electron chi connectivity index (χ2n) is 5.68. The molecule has 1 heterocycles. The number of benzene rings is 1. The SMILES string of the molecule is CCCc1nc2cccc(C(=O)O)c2n1CC(C)N(C)C. The Bertz CT molecular complexity index is 646. The molecule has 1 unspecified atom stereocenters. The molecule has 0 radical (unpaired) electrons. The van der Waals surface area contributed by atoms with Crippen molar-refractivity contribution in [3.8, 4) is 0 Å². The van der Waals surface area contributed by atoms with Crippen molar-refractivity contribution in [1.29, 1.82) is 0 Å². The lowest BCUT2D eigenvalue weighted by molar-refractivity contribution is 0.0698. The van der Waals surface area contributed by atoms with Gasteiger partial charge in [-0.15, -0.1) is 0 Å². The summed E-state index contributed by atoms with van der Waals surface area (Å²) in [5.41, 5.74) is 1.83. The molecule has 0 spiro atoms. The third-order valence-electron chi connectivity index (χ3n) is 3.88. The Morgan fingerprint density at radius 1 is 1.43 bits per heavy atom. The molecule has 21 heavy (non-hydrogen) atoms. The molecule has 0 amide bonds. The number of likely N-dealkylation sites (N-methyl/N-ethyl adjacent to an activating group) is 1. The summed E-state index contributed by atoms with van der Waals surface area (Å²) in [6.45, 7) is 4.98. The summed E-state index contributed by atoms with van der Waals surface area (Å²) in [6.07, 6.45) is 1.84. The zero-order valence-electron chi connectivity index (χ0n) is 13.1. The standard InChI is InChI=1S/C16H23N3O2/c1-5-7-14-17-13-9-6-8-12(16(20)21)15(13)19(14)10-11(2)18(3)4/h6,8-9,11H,5,7,10H2,1-4H3,(H,20,21). The highest BCUT2D eigenvalue weighted by atomic mass is 16.4. The lowest BCUT2D eigenvalue weighted by atomic mass is 10.1. The molecule has 1 N–H and O–H groups in total. The van der Waals surface area contributed by atoms with Crippen LogP contribution in [-0.4, -0.2) is 45.7 Å². The average Bonchev–Trinajstić information content (AvgIpc) is 2.76. The van der Waals surface area contributed by atoms with E-state index in [0.717, 1.165) is 36.2 Å². The number of carbonyl (C=O) groups is 1. The molecule has 5 nitrogen and oxygen atoms in total. The normalized spacial score (nSPS) is 13.0. The van der Waals surface area contributed by atoms with Crippen molar-refractivity contribution in [3.63, 3.8) is 0 Å². The van der Waals surface area contributed by atoms with E-state index in [1.807, 2.05) is 20.2 Å². The maximum Gasteiger partial charge on any atom is 0.337 e. The van der Waals surface area contributed by atoms with E-state index >= 15 is 0 Å². The Labute approximate surface area is 125 Å². The number of hydrogen-bond donors (Lipinski definition) is 1. The first kappa shape index (κ1) is 15.5. The monoisotopic (exact) mass is 289 g/mol. The van der Waals surface area contributed by atoms with E-state index in [1.165, 1.54) is 0 Å². The molecule has 0 saturated carbocycles. The van der Waals surface area contributed by atoms with E-state index in [1.54, 1.807) is 12.1 Å². The molecule has 0 saturated heterocycles. The van der Waals surface area contributed by atoms with E-state index in [4.69, 9.17) is 0 Å². The van der Waals surface area contributed by atoms with E-state index in [2.05, 4.69) is 28.3 Å². The minimum Gasteiger partial charge on any atom is -0.478 e. The summed E-state index contributed by atoms with van der Waals surface area (Å²) in [5, 5.41) is 9.44. The first-order chi connectivity index (χ1) is 9.95. The number of aryl methyl sites for hydroxylation is 1. The molecular formula is C16H23N3O2. The maximum absolute atomic E-state index is 11.5. The molecule has 0 aliphatic heterocycles. The number of fused-ring (bicyclic) bond motifs is 1. The number of para-hydroxylation sites is 1. The first-order valence-corrected chi connectivity index (χ1v) is 7.33. The smallest absolute Gasteiger partial charge is 0.337 e. The minimum absolute atomic E-state index is 0.305. The number of carboxylic acid groups (broad SMARTS) is 1. The molecule has 2 aromatic rings. The van der Waals surface area contributed by atoms with E-state index < -0.39 is 5.97 Å². The van der Waals surface area contributed by atoms with Crippen LogP contribution >= 0.6 is 0 Å². The summed E-state index contributed by atoms with van der Waals surface area (Å²) < 4.78 is 2.08. The van der Waals surface area contributed by atoms with Gasteiger partial charge < -0.3 is 14.6 Å². The van der Waals surface area contributed by atoms with Gasteiger partial charge in [0.05, 0.1) is 16.6 Å². The Morgan fingerprint density at radius 2 is 2.14 bits per heavy atom. The molecule has 1 atom stereocenters. The quantitative estimate of drug-likeness (QED) is 0.888. The molecule has 2 rings (SSSR count). The highest BCUT2D eigenvalue weighted by molar-refractivity contribution is 6.01. The van der Waals surface area contributed by atoms with E-state index in [-0.39, 0.29) is 0 Å². The van der Waals surface area contributed by atoms with Crippen molar-refractivity contribution in [3.05, 3.63) is 29.6 Å². The largest absolute Gasteiger partial charge is 0.478 e. The van der Waals surface area contributed by atoms with Gasteiger partial charge in [0, 0.05) is 19.0 Å². The third kappa shape index (κ3) is 3.08. The predicted molar refractivity (Wildman–Crippen MR) is 83.8 cm³/mol. The molecule has 5 heteroatoms. The van der Waals surface area contributed by atoms with Gasteiger partial charge in [-0.05, 0) is 39.6 Å². The number of aromatic carboxylic acids is 1. The van der Waals surface area contributed by atoms with Gasteiger partial charge in [0.15, 0.2) is 0 Å². The van der Waals surface area contributed by atoms with Gasteiger partial charge >= 0.3 is 5.97 Å². The zero-order valence-corrected chi connectivity index (χ0v) is 13.1. The number of carboxylic acids is 1. The molecule has 114 valence electrons. The van der Waals surface area contributed by atoms with Gasteiger partial charge in [0.2, 0.25) is 0 Å². The van der Waals surface area contributed by atoms with Crippen molar-refractivity contribution in [2.75, 3.05) is 14.1 Å². The fourth-order valence-corrected chi connectivity index (χ4v) is 2.44. The zero-order chi connectivity index (χ0) is 15.6. The van der Waals surface area contributed by atoms with E-state index in [0.29, 0.717) is 11.6 Å². The number of aromatic nitrogens is 2. The summed E-state index contributed by atoms with van der Waals surface area (Å²) in [6, 6.07) is 5.60. The fourth-order valence-electron chi connectivity index (χ4n) is 2.44. The lowest BCUT2D eigenvalue weighted by Crippen LogP contribution is -2.30. The summed E-state index contributed by atoms with van der Waals surface area (Å²) in [5.74, 6) is 0.0669. The second kappa shape index (κ2) is 6.26. The summed E-state index contributed by atoms with van der Waals surface area (Å²) >= 11 is 0. The number of hydrogen-bond acceptors (Lipinski definition) is 3. The Morgan fingerprint density at radius 3 is 2.71 bits per heavy atom. The molecule has 0 aliphatic carbocycles. The van der Waals surface area contributed by atoms with Crippen LogP contribution < -0.4 is 0 Å². The van der Waals surface area contributed by atoms with Crippen LogP contribution in [-0.2, 0) is 13.0 Å². The van der Waals surface area contributed by atoms with Crippen molar-refractivity contribution in [2.45, 2.75) is 39.3 Å². The highest BCUT2D eigenvalue weighted by Gasteiger charge is 2.19. The van der Waals surface area contributed by atoms with Gasteiger partial charge in [0.25, 0.3) is 0 Å². The van der Waals surface area contributed by atoms with Crippen molar-refractivity contribution >= 4 is 17.0 Å². The number of imidazole rings is 1. The van der Waals surface area contributed by atoms with E-state index in [9.17, 15) is 9.90 Å². The van der Waals surface area contributed by atoms with Crippen LogP contribution in [0.4, 0.5) is 0 Å². The molecule has 0 fully saturated rings. The van der Waals surface area contributed by atoms with Gasteiger partial charge in [-0.2, -0.15) is 0 Å². The molecule has 0 aliphatic rings. The van der Waals surface area contributed by atoms with Crippen LogP contribution in [0, 0.1) is 0 Å². The van der Waals surface area contributed by atoms with Crippen molar-refractivity contribution in [1.82, 2.24) is 14.5 Å². The maximum atomic E-state index is 11.5. The highest BCUT2D eigenvalue weighted by Crippen LogP contribution is 2.22. The minimum atomic E-state index is -0.901. The Balaban J connectivity index is 2.62. The predicted octanol–water partition coefficient (Wildman–Crippen LogP) is 2.64. The first-order valence-electron chi connectivity index (χ1n) is 7.33. The fraction of sp³-hybridized carbons (Fsp3) is 0.500. The molecule has 1 aromatic carbocycles. The second-order valence-corrected chi connectivity index (χ2v) is 5.68. The van der Waals surface area contributed by atoms with Gasteiger partial charge in [0.1, 0.15) is 5.82 Å². The van der Waals surface area contributed by atoms with Gasteiger partial charge in [-0.25, -0.2) is 9.78 Å². The molecular weight excluding hydrogens is 266 g/mol. The van der Waals surface area contributed by atoms with Gasteiger partial charge in [-0.1, -0.05) is 13.0 Å². The number of nitrogens with zero attached hydrogens (tertiary/aromatic N) is 3. The number of rotatable bonds is 6. The van der Waals surface area contributed by atoms with Crippen LogP contribution in [0.15, 0.2) is 18.2 Å². The van der Waals surface area contributed by atoms with Crippen LogP contribution in [0.3, 0.4) is 0 Å². The van der Waals surface area contributed by atoms with Crippen LogP contribution in [0.5, 0.6) is 0 Å². The average molecular weight is 289 g/mol. The van der Waals surface area contributed by atoms with Crippen LogP contribution in [0.25, 0.3) is 11.0 Å². The summed E-state index contributed by atoms with van der Waals surface area (Å²) in [4.78, 5) is 18.3. The molecule has 0 bridgehead atoms. The lowest BCUT2D eigenvalue weighted by Gasteiger charge is -2.22.